The van der Waals surface area contributed by atoms with Crippen LogP contribution in [-0.4, -0.2) is 18.6 Å². The lowest BCUT2D eigenvalue weighted by atomic mass is 10.1. The van der Waals surface area contributed by atoms with Crippen molar-refractivity contribution in [1.29, 1.82) is 0 Å². The van der Waals surface area contributed by atoms with Crippen molar-refractivity contribution in [2.75, 3.05) is 10.5 Å². The van der Waals surface area contributed by atoms with Gasteiger partial charge in [0.2, 0.25) is 0 Å². The topological polar surface area (TPSA) is 101 Å². The van der Waals surface area contributed by atoms with E-state index >= 15 is 0 Å². The summed E-state index contributed by atoms with van der Waals surface area (Å²) in [6.45, 7) is 5.27. The molecule has 0 aliphatic carbocycles. The number of aromatic nitrogens is 2. The molecule has 0 spiro atoms. The van der Waals surface area contributed by atoms with E-state index in [9.17, 15) is 8.42 Å². The molecule has 0 amide bonds. The summed E-state index contributed by atoms with van der Waals surface area (Å²) in [5.41, 5.74) is 8.24. The maximum absolute atomic E-state index is 12.4. The van der Waals surface area contributed by atoms with Crippen LogP contribution in [0.15, 0.2) is 23.1 Å². The molecule has 0 radical (unpaired) electrons. The normalized spacial score (nSPS) is 11.5. The predicted octanol–water partition coefficient (Wildman–Crippen LogP) is 1.72. The van der Waals surface area contributed by atoms with Gasteiger partial charge in [0.25, 0.3) is 10.0 Å². The van der Waals surface area contributed by atoms with Crippen LogP contribution in [-0.2, 0) is 10.0 Å². The van der Waals surface area contributed by atoms with Crippen LogP contribution in [0.4, 0.5) is 11.5 Å². The molecule has 0 atom stereocenters. The number of nitrogens with two attached hydrogens (primary N) is 1. The smallest absolute Gasteiger partial charge is 0.265 e. The first-order valence-corrected chi connectivity index (χ1v) is 7.20. The van der Waals surface area contributed by atoms with Crippen LogP contribution in [0.3, 0.4) is 0 Å². The largest absolute Gasteiger partial charge is 0.397 e. The summed E-state index contributed by atoms with van der Waals surface area (Å²) in [5, 5.41) is 6.53. The molecule has 2 aromatic rings. The molecule has 0 saturated carbocycles. The fraction of sp³-hybridized carbons (Fsp3) is 0.250. The molecule has 2 rings (SSSR count). The zero-order valence-corrected chi connectivity index (χ0v) is 11.8. The second kappa shape index (κ2) is 4.58. The number of rotatable bonds is 3. The van der Waals surface area contributed by atoms with Crippen LogP contribution in [0.2, 0.25) is 0 Å². The summed E-state index contributed by atoms with van der Waals surface area (Å²) in [7, 11) is -3.74. The Hall–Kier alpha value is -2.02. The second-order valence-corrected chi connectivity index (χ2v) is 6.10. The van der Waals surface area contributed by atoms with Gasteiger partial charge in [-0.2, -0.15) is 5.10 Å². The SMILES string of the molecule is Cc1cc(NS(=O)(=O)c2c(C)ccc(C)c2N)n[nH]1. The minimum absolute atomic E-state index is 0.105. The highest BCUT2D eigenvalue weighted by molar-refractivity contribution is 7.93. The average Bonchev–Trinajstić information content (AvgIpc) is 2.68. The molecule has 0 bridgehead atoms. The number of nitrogens with one attached hydrogen (secondary N) is 2. The fourth-order valence-corrected chi connectivity index (χ4v) is 3.25. The van der Waals surface area contributed by atoms with Crippen molar-refractivity contribution in [1.82, 2.24) is 10.2 Å². The fourth-order valence-electron chi connectivity index (χ4n) is 1.82. The van der Waals surface area contributed by atoms with E-state index < -0.39 is 10.0 Å². The number of anilines is 2. The second-order valence-electron chi connectivity index (χ2n) is 4.48. The Morgan fingerprint density at radius 1 is 1.21 bits per heavy atom. The van der Waals surface area contributed by atoms with Crippen LogP contribution < -0.4 is 10.5 Å². The number of benzene rings is 1. The van der Waals surface area contributed by atoms with Gasteiger partial charge in [0, 0.05) is 11.8 Å². The molecule has 1 heterocycles. The first-order chi connectivity index (χ1) is 8.81. The van der Waals surface area contributed by atoms with Crippen LogP contribution in [0.5, 0.6) is 0 Å². The third kappa shape index (κ3) is 2.55. The van der Waals surface area contributed by atoms with Crippen LogP contribution >= 0.6 is 0 Å². The summed E-state index contributed by atoms with van der Waals surface area (Å²) in [4.78, 5) is 0.105. The minimum Gasteiger partial charge on any atom is -0.397 e. The average molecular weight is 280 g/mol. The number of aromatic amines is 1. The number of H-pyrrole nitrogens is 1. The van der Waals surface area contributed by atoms with Crippen molar-refractivity contribution in [2.24, 2.45) is 0 Å². The summed E-state index contributed by atoms with van der Waals surface area (Å²) < 4.78 is 27.1. The molecule has 0 saturated heterocycles. The lowest BCUT2D eigenvalue weighted by Crippen LogP contribution is -2.17. The Balaban J connectivity index is 2.48. The summed E-state index contributed by atoms with van der Waals surface area (Å²) in [6.07, 6.45) is 0. The van der Waals surface area contributed by atoms with Gasteiger partial charge >= 0.3 is 0 Å². The monoisotopic (exact) mass is 280 g/mol. The number of sulfonamides is 1. The number of hydrogen-bond donors (Lipinski definition) is 3. The quantitative estimate of drug-likeness (QED) is 0.745. The molecule has 0 aliphatic heterocycles. The van der Waals surface area contributed by atoms with Gasteiger partial charge in [-0.15, -0.1) is 0 Å². The third-order valence-electron chi connectivity index (χ3n) is 2.82. The molecule has 6 nitrogen and oxygen atoms in total. The molecule has 0 fully saturated rings. The standard InChI is InChI=1S/C12H16N4O2S/c1-7-4-5-8(2)12(11(7)13)19(17,18)16-10-6-9(3)14-15-10/h4-6H,13H2,1-3H3,(H2,14,15,16). The maximum Gasteiger partial charge on any atom is 0.265 e. The van der Waals surface area contributed by atoms with Crippen molar-refractivity contribution in [3.63, 3.8) is 0 Å². The van der Waals surface area contributed by atoms with Crippen molar-refractivity contribution in [2.45, 2.75) is 25.7 Å². The highest BCUT2D eigenvalue weighted by Crippen LogP contribution is 2.27. The van der Waals surface area contributed by atoms with Gasteiger partial charge in [-0.1, -0.05) is 12.1 Å². The van der Waals surface area contributed by atoms with Crippen molar-refractivity contribution in [3.05, 3.63) is 35.0 Å². The molecule has 19 heavy (non-hydrogen) atoms. The summed E-state index contributed by atoms with van der Waals surface area (Å²) >= 11 is 0. The van der Waals surface area contributed by atoms with Crippen LogP contribution in [0.25, 0.3) is 0 Å². The molecule has 0 unspecified atom stereocenters. The minimum atomic E-state index is -3.74. The Bertz CT molecular complexity index is 719. The van der Waals surface area contributed by atoms with Gasteiger partial charge < -0.3 is 5.73 Å². The Kier molecular flexibility index (Phi) is 3.23. The molecule has 7 heteroatoms. The Morgan fingerprint density at radius 3 is 2.42 bits per heavy atom. The Morgan fingerprint density at radius 2 is 1.84 bits per heavy atom. The molecular weight excluding hydrogens is 264 g/mol. The van der Waals surface area contributed by atoms with Crippen molar-refractivity contribution >= 4 is 21.5 Å². The van der Waals surface area contributed by atoms with E-state index in [1.807, 2.05) is 0 Å². The number of nitrogen functional groups attached to an aromatic ring is 1. The number of hydrogen-bond acceptors (Lipinski definition) is 4. The maximum atomic E-state index is 12.4. The summed E-state index contributed by atoms with van der Waals surface area (Å²) in [5.74, 6) is 0.248. The molecular formula is C12H16N4O2S. The van der Waals surface area contributed by atoms with Crippen molar-refractivity contribution in [3.8, 4) is 0 Å². The molecule has 102 valence electrons. The van der Waals surface area contributed by atoms with E-state index in [4.69, 9.17) is 5.73 Å². The number of nitrogens with zero attached hydrogens (tertiary/aromatic N) is 1. The van der Waals surface area contributed by atoms with E-state index in [2.05, 4.69) is 14.9 Å². The first-order valence-electron chi connectivity index (χ1n) is 5.72. The van der Waals surface area contributed by atoms with E-state index in [0.717, 1.165) is 11.3 Å². The van der Waals surface area contributed by atoms with E-state index in [1.54, 1.807) is 39.0 Å². The first kappa shape index (κ1) is 13.4. The molecule has 4 N–H and O–H groups in total. The summed E-state index contributed by atoms with van der Waals surface area (Å²) in [6, 6.07) is 5.14. The molecule has 1 aromatic heterocycles. The lowest BCUT2D eigenvalue weighted by molar-refractivity contribution is 0.600. The highest BCUT2D eigenvalue weighted by atomic mass is 32.2. The third-order valence-corrected chi connectivity index (χ3v) is 4.38. The van der Waals surface area contributed by atoms with Crippen LogP contribution in [0, 0.1) is 20.8 Å². The van der Waals surface area contributed by atoms with Gasteiger partial charge in [-0.05, 0) is 31.9 Å². The lowest BCUT2D eigenvalue weighted by Gasteiger charge is -2.12. The van der Waals surface area contributed by atoms with Gasteiger partial charge in [-0.3, -0.25) is 9.82 Å². The Labute approximate surface area is 112 Å². The van der Waals surface area contributed by atoms with E-state index in [-0.39, 0.29) is 16.4 Å². The molecule has 1 aromatic carbocycles. The van der Waals surface area contributed by atoms with Crippen LogP contribution in [0.1, 0.15) is 16.8 Å². The zero-order valence-electron chi connectivity index (χ0n) is 11.0. The van der Waals surface area contributed by atoms with E-state index in [0.29, 0.717) is 5.56 Å². The van der Waals surface area contributed by atoms with Gasteiger partial charge in [-0.25, -0.2) is 8.42 Å². The van der Waals surface area contributed by atoms with Gasteiger partial charge in [0.1, 0.15) is 4.90 Å². The number of aryl methyl sites for hydroxylation is 3. The van der Waals surface area contributed by atoms with E-state index in [1.165, 1.54) is 0 Å². The zero-order chi connectivity index (χ0) is 14.2. The highest BCUT2D eigenvalue weighted by Gasteiger charge is 2.22. The molecule has 0 aliphatic rings. The van der Waals surface area contributed by atoms with Gasteiger partial charge in [0.15, 0.2) is 5.82 Å². The predicted molar refractivity (Wildman–Crippen MR) is 74.5 cm³/mol. The van der Waals surface area contributed by atoms with Gasteiger partial charge in [0.05, 0.1) is 5.69 Å². The van der Waals surface area contributed by atoms with Crippen molar-refractivity contribution < 1.29 is 8.42 Å².